The number of aromatic nitrogens is 2. The standard InChI is InChI=1S/C16H15N3OS/c1-20-16-13(8-5-9-17-16)18-10-15-19-14(11-21-15)12-6-3-2-4-7-12/h2-9,11,18H,10H2,1H3. The smallest absolute Gasteiger partial charge is 0.237 e. The van der Waals surface area contributed by atoms with E-state index < -0.39 is 0 Å². The summed E-state index contributed by atoms with van der Waals surface area (Å²) in [6.45, 7) is 0.652. The molecule has 0 saturated heterocycles. The SMILES string of the molecule is COc1ncccc1NCc1nc(-c2ccccc2)cs1. The van der Waals surface area contributed by atoms with Gasteiger partial charge >= 0.3 is 0 Å². The maximum Gasteiger partial charge on any atom is 0.237 e. The van der Waals surface area contributed by atoms with Crippen molar-refractivity contribution >= 4 is 17.0 Å². The lowest BCUT2D eigenvalue weighted by molar-refractivity contribution is 0.399. The van der Waals surface area contributed by atoms with Gasteiger partial charge in [-0.05, 0) is 12.1 Å². The zero-order valence-corrected chi connectivity index (χ0v) is 12.4. The second-order valence-electron chi connectivity index (χ2n) is 4.41. The van der Waals surface area contributed by atoms with Crippen LogP contribution in [-0.4, -0.2) is 17.1 Å². The molecule has 0 fully saturated rings. The Balaban J connectivity index is 1.71. The molecule has 0 aliphatic heterocycles. The molecule has 3 rings (SSSR count). The van der Waals surface area contributed by atoms with Crippen LogP contribution in [0.4, 0.5) is 5.69 Å². The van der Waals surface area contributed by atoms with Crippen LogP contribution in [0.5, 0.6) is 5.88 Å². The summed E-state index contributed by atoms with van der Waals surface area (Å²) in [5.74, 6) is 0.595. The second-order valence-corrected chi connectivity index (χ2v) is 5.35. The summed E-state index contributed by atoms with van der Waals surface area (Å²) >= 11 is 1.64. The molecule has 1 aromatic carbocycles. The van der Waals surface area contributed by atoms with Gasteiger partial charge in [-0.1, -0.05) is 30.3 Å². The molecule has 5 heteroatoms. The second kappa shape index (κ2) is 6.37. The number of ether oxygens (including phenoxy) is 1. The van der Waals surface area contributed by atoms with Crippen LogP contribution >= 0.6 is 11.3 Å². The van der Waals surface area contributed by atoms with Gasteiger partial charge in [0.1, 0.15) is 5.01 Å². The topological polar surface area (TPSA) is 47.0 Å². The summed E-state index contributed by atoms with van der Waals surface area (Å²) < 4.78 is 5.22. The van der Waals surface area contributed by atoms with Gasteiger partial charge in [0.25, 0.3) is 0 Å². The molecular weight excluding hydrogens is 282 g/mol. The van der Waals surface area contributed by atoms with Crippen molar-refractivity contribution < 1.29 is 4.74 Å². The Morgan fingerprint density at radius 2 is 2.00 bits per heavy atom. The average Bonchev–Trinajstić information content (AvgIpc) is 3.03. The minimum absolute atomic E-state index is 0.595. The summed E-state index contributed by atoms with van der Waals surface area (Å²) in [6, 6.07) is 14.0. The Kier molecular flexibility index (Phi) is 4.12. The van der Waals surface area contributed by atoms with E-state index in [9.17, 15) is 0 Å². The molecule has 0 atom stereocenters. The van der Waals surface area contributed by atoms with Crippen molar-refractivity contribution in [3.8, 4) is 17.1 Å². The van der Waals surface area contributed by atoms with Gasteiger partial charge in [-0.15, -0.1) is 11.3 Å². The zero-order valence-electron chi connectivity index (χ0n) is 11.6. The van der Waals surface area contributed by atoms with Gasteiger partial charge in [0.15, 0.2) is 0 Å². The minimum Gasteiger partial charge on any atom is -0.480 e. The van der Waals surface area contributed by atoms with E-state index in [0.717, 1.165) is 22.0 Å². The van der Waals surface area contributed by atoms with Gasteiger partial charge < -0.3 is 10.1 Å². The van der Waals surface area contributed by atoms with Gasteiger partial charge in [0, 0.05) is 17.1 Å². The van der Waals surface area contributed by atoms with E-state index >= 15 is 0 Å². The first kappa shape index (κ1) is 13.6. The molecule has 0 radical (unpaired) electrons. The van der Waals surface area contributed by atoms with Gasteiger partial charge in [0.2, 0.25) is 5.88 Å². The first-order valence-corrected chi connectivity index (χ1v) is 7.47. The Morgan fingerprint density at radius 3 is 2.81 bits per heavy atom. The van der Waals surface area contributed by atoms with Crippen molar-refractivity contribution in [2.24, 2.45) is 0 Å². The van der Waals surface area contributed by atoms with Gasteiger partial charge in [-0.25, -0.2) is 9.97 Å². The van der Waals surface area contributed by atoms with E-state index in [0.29, 0.717) is 12.4 Å². The fourth-order valence-electron chi connectivity index (χ4n) is 1.99. The van der Waals surface area contributed by atoms with Gasteiger partial charge in [0.05, 0.1) is 25.0 Å². The maximum atomic E-state index is 5.22. The summed E-state index contributed by atoms with van der Waals surface area (Å²) in [6.07, 6.45) is 1.71. The fourth-order valence-corrected chi connectivity index (χ4v) is 2.74. The number of nitrogens with zero attached hydrogens (tertiary/aromatic N) is 2. The summed E-state index contributed by atoms with van der Waals surface area (Å²) in [5.41, 5.74) is 3.02. The summed E-state index contributed by atoms with van der Waals surface area (Å²) in [4.78, 5) is 8.81. The third-order valence-electron chi connectivity index (χ3n) is 3.02. The van der Waals surface area contributed by atoms with Crippen molar-refractivity contribution in [3.63, 3.8) is 0 Å². The summed E-state index contributed by atoms with van der Waals surface area (Å²) in [7, 11) is 1.62. The van der Waals surface area contributed by atoms with E-state index in [1.165, 1.54) is 0 Å². The zero-order chi connectivity index (χ0) is 14.5. The predicted octanol–water partition coefficient (Wildman–Crippen LogP) is 3.83. The fraction of sp³-hybridized carbons (Fsp3) is 0.125. The number of hydrogen-bond donors (Lipinski definition) is 1. The molecule has 2 heterocycles. The van der Waals surface area contributed by atoms with Crippen LogP contribution in [0.15, 0.2) is 54.0 Å². The summed E-state index contributed by atoms with van der Waals surface area (Å²) in [5, 5.41) is 6.41. The number of benzene rings is 1. The monoisotopic (exact) mass is 297 g/mol. The number of pyridine rings is 1. The number of thiazole rings is 1. The molecule has 0 aliphatic rings. The predicted molar refractivity (Wildman–Crippen MR) is 85.7 cm³/mol. The van der Waals surface area contributed by atoms with Crippen LogP contribution in [0.1, 0.15) is 5.01 Å². The molecule has 2 aromatic heterocycles. The van der Waals surface area contributed by atoms with Crippen molar-refractivity contribution in [1.29, 1.82) is 0 Å². The van der Waals surface area contributed by atoms with Crippen LogP contribution in [0.2, 0.25) is 0 Å². The first-order chi connectivity index (χ1) is 10.4. The van der Waals surface area contributed by atoms with Gasteiger partial charge in [-0.3, -0.25) is 0 Å². The molecule has 0 unspecified atom stereocenters. The Hall–Kier alpha value is -2.40. The van der Waals surface area contributed by atoms with Crippen LogP contribution in [-0.2, 0) is 6.54 Å². The molecule has 4 nitrogen and oxygen atoms in total. The lowest BCUT2D eigenvalue weighted by Gasteiger charge is -2.07. The molecule has 21 heavy (non-hydrogen) atoms. The van der Waals surface area contributed by atoms with Crippen LogP contribution < -0.4 is 10.1 Å². The van der Waals surface area contributed by atoms with E-state index in [2.05, 4.69) is 32.8 Å². The third-order valence-corrected chi connectivity index (χ3v) is 3.86. The Morgan fingerprint density at radius 1 is 1.14 bits per heavy atom. The van der Waals surface area contributed by atoms with E-state index in [1.807, 2.05) is 30.3 Å². The van der Waals surface area contributed by atoms with E-state index in [-0.39, 0.29) is 0 Å². The van der Waals surface area contributed by atoms with Crippen LogP contribution in [0.3, 0.4) is 0 Å². The highest BCUT2D eigenvalue weighted by Gasteiger charge is 2.06. The molecule has 0 saturated carbocycles. The van der Waals surface area contributed by atoms with Gasteiger partial charge in [-0.2, -0.15) is 0 Å². The van der Waals surface area contributed by atoms with Crippen LogP contribution in [0.25, 0.3) is 11.3 Å². The molecule has 0 amide bonds. The number of nitrogens with one attached hydrogen (secondary N) is 1. The molecule has 0 bridgehead atoms. The van der Waals surface area contributed by atoms with Crippen molar-refractivity contribution in [2.45, 2.75) is 6.54 Å². The van der Waals surface area contributed by atoms with Crippen molar-refractivity contribution in [1.82, 2.24) is 9.97 Å². The number of rotatable bonds is 5. The van der Waals surface area contributed by atoms with Crippen molar-refractivity contribution in [3.05, 3.63) is 59.0 Å². The normalized spacial score (nSPS) is 10.3. The van der Waals surface area contributed by atoms with E-state index in [1.54, 1.807) is 24.6 Å². The highest BCUT2D eigenvalue weighted by Crippen LogP contribution is 2.24. The molecule has 3 aromatic rings. The number of anilines is 1. The Bertz CT molecular complexity index is 712. The molecule has 106 valence electrons. The molecular formula is C16H15N3OS. The van der Waals surface area contributed by atoms with E-state index in [4.69, 9.17) is 4.74 Å². The Labute approximate surface area is 127 Å². The largest absolute Gasteiger partial charge is 0.480 e. The molecule has 0 spiro atoms. The first-order valence-electron chi connectivity index (χ1n) is 6.59. The minimum atomic E-state index is 0.595. The van der Waals surface area contributed by atoms with Crippen molar-refractivity contribution in [2.75, 3.05) is 12.4 Å². The quantitative estimate of drug-likeness (QED) is 0.777. The number of methoxy groups -OCH3 is 1. The third kappa shape index (κ3) is 3.20. The maximum absolute atomic E-state index is 5.22. The average molecular weight is 297 g/mol. The lowest BCUT2D eigenvalue weighted by Crippen LogP contribution is -2.02. The lowest BCUT2D eigenvalue weighted by atomic mass is 10.2. The molecule has 0 aliphatic carbocycles. The highest BCUT2D eigenvalue weighted by molar-refractivity contribution is 7.09. The highest BCUT2D eigenvalue weighted by atomic mass is 32.1. The molecule has 1 N–H and O–H groups in total. The van der Waals surface area contributed by atoms with Crippen LogP contribution in [0, 0.1) is 0 Å². The number of hydrogen-bond acceptors (Lipinski definition) is 5.